The molecule has 1 rings (SSSR count). The van der Waals surface area contributed by atoms with Crippen LogP contribution in [0.15, 0.2) is 10.6 Å². The standard InChI is InChI=1S/C11H19N3O4S/c1-7-6-13-11(18-7)8(2)14-10(15)9(12)4-5-19(3,16)17/h6,8-9H,4-5,12H2,1-3H3,(H,14,15). The predicted octanol–water partition coefficient (Wildman–Crippen LogP) is -0.0778. The number of rotatable bonds is 6. The Bertz CT molecular complexity index is 538. The molecule has 0 bridgehead atoms. The van der Waals surface area contributed by atoms with Gasteiger partial charge in [0.05, 0.1) is 18.0 Å². The van der Waals surface area contributed by atoms with E-state index in [0.29, 0.717) is 11.7 Å². The zero-order valence-electron chi connectivity index (χ0n) is 11.2. The Morgan fingerprint density at radius 1 is 1.58 bits per heavy atom. The molecule has 2 atom stereocenters. The topological polar surface area (TPSA) is 115 Å². The van der Waals surface area contributed by atoms with Gasteiger partial charge in [-0.15, -0.1) is 0 Å². The van der Waals surface area contributed by atoms with Crippen LogP contribution in [0.2, 0.25) is 0 Å². The summed E-state index contributed by atoms with van der Waals surface area (Å²) in [6.07, 6.45) is 2.75. The van der Waals surface area contributed by atoms with Crippen molar-refractivity contribution in [2.75, 3.05) is 12.0 Å². The number of nitrogens with two attached hydrogens (primary N) is 1. The number of sulfone groups is 1. The van der Waals surface area contributed by atoms with E-state index in [9.17, 15) is 13.2 Å². The molecule has 3 N–H and O–H groups in total. The number of aromatic nitrogens is 1. The van der Waals surface area contributed by atoms with E-state index in [-0.39, 0.29) is 12.2 Å². The molecule has 0 aliphatic rings. The van der Waals surface area contributed by atoms with Gasteiger partial charge in [0.25, 0.3) is 0 Å². The summed E-state index contributed by atoms with van der Waals surface area (Å²) < 4.78 is 27.3. The first-order chi connectivity index (χ1) is 8.69. The molecule has 0 saturated carbocycles. The Labute approximate surface area is 112 Å². The predicted molar refractivity (Wildman–Crippen MR) is 70.1 cm³/mol. The molecular formula is C11H19N3O4S. The van der Waals surface area contributed by atoms with Crippen LogP contribution < -0.4 is 11.1 Å². The highest BCUT2D eigenvalue weighted by Crippen LogP contribution is 2.12. The van der Waals surface area contributed by atoms with Crippen molar-refractivity contribution in [1.82, 2.24) is 10.3 Å². The summed E-state index contributed by atoms with van der Waals surface area (Å²) in [7, 11) is -3.12. The fourth-order valence-electron chi connectivity index (χ4n) is 1.43. The number of carbonyl (C=O) groups is 1. The minimum absolute atomic E-state index is 0.0853. The molecular weight excluding hydrogens is 270 g/mol. The van der Waals surface area contributed by atoms with Gasteiger partial charge in [-0.1, -0.05) is 0 Å². The van der Waals surface area contributed by atoms with E-state index < -0.39 is 27.8 Å². The largest absolute Gasteiger partial charge is 0.444 e. The fourth-order valence-corrected chi connectivity index (χ4v) is 2.11. The minimum Gasteiger partial charge on any atom is -0.444 e. The summed E-state index contributed by atoms with van der Waals surface area (Å²) in [6.45, 7) is 3.47. The van der Waals surface area contributed by atoms with Gasteiger partial charge in [0.1, 0.15) is 21.6 Å². The lowest BCUT2D eigenvalue weighted by Crippen LogP contribution is -2.42. The smallest absolute Gasteiger partial charge is 0.237 e. The molecule has 0 aliphatic carbocycles. The van der Waals surface area contributed by atoms with E-state index in [0.717, 1.165) is 6.26 Å². The van der Waals surface area contributed by atoms with Crippen LogP contribution >= 0.6 is 0 Å². The maximum atomic E-state index is 11.8. The van der Waals surface area contributed by atoms with Gasteiger partial charge in [-0.25, -0.2) is 13.4 Å². The molecule has 1 aromatic heterocycles. The Morgan fingerprint density at radius 2 is 2.21 bits per heavy atom. The number of amides is 1. The minimum atomic E-state index is -3.12. The third kappa shape index (κ3) is 5.39. The quantitative estimate of drug-likeness (QED) is 0.757. The molecule has 0 saturated heterocycles. The summed E-state index contributed by atoms with van der Waals surface area (Å²) in [4.78, 5) is 15.7. The summed E-state index contributed by atoms with van der Waals surface area (Å²) >= 11 is 0. The fraction of sp³-hybridized carbons (Fsp3) is 0.636. The van der Waals surface area contributed by atoms with E-state index in [1.807, 2.05) is 0 Å². The molecule has 0 aromatic carbocycles. The SMILES string of the molecule is Cc1cnc(C(C)NC(=O)C(N)CCS(C)(=O)=O)o1. The van der Waals surface area contributed by atoms with E-state index in [4.69, 9.17) is 10.2 Å². The summed E-state index contributed by atoms with van der Waals surface area (Å²) in [5, 5.41) is 2.63. The van der Waals surface area contributed by atoms with E-state index in [1.54, 1.807) is 20.0 Å². The van der Waals surface area contributed by atoms with Gasteiger partial charge in [0.15, 0.2) is 0 Å². The van der Waals surface area contributed by atoms with Crippen molar-refractivity contribution in [3.8, 4) is 0 Å². The van der Waals surface area contributed by atoms with Crippen LogP contribution in [0.3, 0.4) is 0 Å². The molecule has 7 nitrogen and oxygen atoms in total. The van der Waals surface area contributed by atoms with E-state index >= 15 is 0 Å². The average Bonchev–Trinajstić information content (AvgIpc) is 2.71. The Hall–Kier alpha value is -1.41. The second kappa shape index (κ2) is 6.16. The number of hydrogen-bond acceptors (Lipinski definition) is 6. The highest BCUT2D eigenvalue weighted by Gasteiger charge is 2.20. The maximum absolute atomic E-state index is 11.8. The van der Waals surface area contributed by atoms with Crippen molar-refractivity contribution in [1.29, 1.82) is 0 Å². The van der Waals surface area contributed by atoms with Crippen molar-refractivity contribution in [2.45, 2.75) is 32.4 Å². The number of hydrogen-bond donors (Lipinski definition) is 2. The van der Waals surface area contributed by atoms with Crippen LogP contribution in [-0.2, 0) is 14.6 Å². The summed E-state index contributed by atoms with van der Waals surface area (Å²) in [5.74, 6) is 0.499. The molecule has 0 aliphatic heterocycles. The van der Waals surface area contributed by atoms with Crippen LogP contribution in [0.4, 0.5) is 0 Å². The van der Waals surface area contributed by atoms with Crippen molar-refractivity contribution in [3.63, 3.8) is 0 Å². The molecule has 108 valence electrons. The number of carbonyl (C=O) groups excluding carboxylic acids is 1. The van der Waals surface area contributed by atoms with Crippen LogP contribution in [0, 0.1) is 6.92 Å². The molecule has 19 heavy (non-hydrogen) atoms. The molecule has 0 fully saturated rings. The summed E-state index contributed by atoms with van der Waals surface area (Å²) in [6, 6.07) is -1.28. The molecule has 0 radical (unpaired) electrons. The highest BCUT2D eigenvalue weighted by molar-refractivity contribution is 7.90. The number of aryl methyl sites for hydroxylation is 1. The Kier molecular flexibility index (Phi) is 5.07. The van der Waals surface area contributed by atoms with Crippen molar-refractivity contribution >= 4 is 15.7 Å². The van der Waals surface area contributed by atoms with Gasteiger partial charge < -0.3 is 15.5 Å². The molecule has 8 heteroatoms. The molecule has 1 aromatic rings. The lowest BCUT2D eigenvalue weighted by molar-refractivity contribution is -0.123. The van der Waals surface area contributed by atoms with E-state index in [1.165, 1.54) is 0 Å². The summed E-state index contributed by atoms with van der Waals surface area (Å²) in [5.41, 5.74) is 5.63. The Balaban J connectivity index is 2.50. The first kappa shape index (κ1) is 15.6. The first-order valence-corrected chi connectivity index (χ1v) is 7.91. The number of oxazole rings is 1. The molecule has 0 spiro atoms. The van der Waals surface area contributed by atoms with Crippen LogP contribution in [0.25, 0.3) is 0 Å². The van der Waals surface area contributed by atoms with Gasteiger partial charge in [-0.05, 0) is 20.3 Å². The molecule has 1 heterocycles. The van der Waals surface area contributed by atoms with Crippen LogP contribution in [0.5, 0.6) is 0 Å². The molecule has 1 amide bonds. The maximum Gasteiger partial charge on any atom is 0.237 e. The van der Waals surface area contributed by atoms with Crippen LogP contribution in [0.1, 0.15) is 31.0 Å². The normalized spacial score (nSPS) is 14.9. The lowest BCUT2D eigenvalue weighted by Gasteiger charge is -2.15. The zero-order valence-corrected chi connectivity index (χ0v) is 12.0. The van der Waals surface area contributed by atoms with Gasteiger partial charge in [-0.2, -0.15) is 0 Å². The second-order valence-corrected chi connectivity index (χ2v) is 6.82. The third-order valence-electron chi connectivity index (χ3n) is 2.50. The lowest BCUT2D eigenvalue weighted by atomic mass is 10.2. The van der Waals surface area contributed by atoms with Gasteiger partial charge >= 0.3 is 0 Å². The van der Waals surface area contributed by atoms with Gasteiger partial charge in [0, 0.05) is 6.26 Å². The Morgan fingerprint density at radius 3 is 2.68 bits per heavy atom. The average molecular weight is 289 g/mol. The van der Waals surface area contributed by atoms with Crippen molar-refractivity contribution in [2.24, 2.45) is 5.73 Å². The number of nitrogens with one attached hydrogen (secondary N) is 1. The molecule has 2 unspecified atom stereocenters. The monoisotopic (exact) mass is 289 g/mol. The van der Waals surface area contributed by atoms with Crippen molar-refractivity contribution < 1.29 is 17.6 Å². The van der Waals surface area contributed by atoms with E-state index in [2.05, 4.69) is 10.3 Å². The first-order valence-electron chi connectivity index (χ1n) is 5.85. The van der Waals surface area contributed by atoms with Gasteiger partial charge in [-0.3, -0.25) is 4.79 Å². The van der Waals surface area contributed by atoms with Gasteiger partial charge in [0.2, 0.25) is 11.8 Å². The zero-order chi connectivity index (χ0) is 14.6. The third-order valence-corrected chi connectivity index (χ3v) is 3.48. The van der Waals surface area contributed by atoms with Crippen molar-refractivity contribution in [3.05, 3.63) is 17.8 Å². The number of nitrogens with zero attached hydrogens (tertiary/aromatic N) is 1. The highest BCUT2D eigenvalue weighted by atomic mass is 32.2. The van der Waals surface area contributed by atoms with Crippen LogP contribution in [-0.4, -0.2) is 37.4 Å². The second-order valence-electron chi connectivity index (χ2n) is 4.56.